The molecule has 13 heavy (non-hydrogen) atoms. The Kier molecular flexibility index (Phi) is 3.32. The van der Waals surface area contributed by atoms with E-state index in [-0.39, 0.29) is 0 Å². The topological polar surface area (TPSA) is 26.0 Å². The fraction of sp³-hybridized carbons (Fsp3) is 0.300. The zero-order valence-electron chi connectivity index (χ0n) is 7.97. The molecule has 0 fully saturated rings. The zero-order valence-corrected chi connectivity index (χ0v) is 8.72. The lowest BCUT2D eigenvalue weighted by Gasteiger charge is -1.85. The lowest BCUT2D eigenvalue weighted by molar-refractivity contribution is 0.561. The number of nitrogens with zero attached hydrogens (tertiary/aromatic N) is 1. The molecule has 0 saturated heterocycles. The average molecular weight is 198 g/mol. The predicted molar refractivity (Wildman–Crippen MR) is 55.1 cm³/mol. The van der Waals surface area contributed by atoms with Crippen molar-refractivity contribution in [1.82, 2.24) is 4.98 Å². The van der Waals surface area contributed by atoms with E-state index in [0.717, 1.165) is 11.1 Å². The van der Waals surface area contributed by atoms with Crippen LogP contribution >= 0.6 is 11.6 Å². The highest BCUT2D eigenvalue weighted by Crippen LogP contribution is 2.19. The molecule has 70 valence electrons. The number of oxazole rings is 1. The van der Waals surface area contributed by atoms with Crippen molar-refractivity contribution in [1.29, 1.82) is 0 Å². The van der Waals surface area contributed by atoms with E-state index in [2.05, 4.69) is 4.98 Å². The highest BCUT2D eigenvalue weighted by molar-refractivity contribution is 6.31. The van der Waals surface area contributed by atoms with Crippen molar-refractivity contribution in [2.75, 3.05) is 0 Å². The highest BCUT2D eigenvalue weighted by atomic mass is 35.5. The van der Waals surface area contributed by atoms with Crippen molar-refractivity contribution in [2.45, 2.75) is 20.8 Å². The quantitative estimate of drug-likeness (QED) is 0.642. The van der Waals surface area contributed by atoms with Crippen LogP contribution in [0.5, 0.6) is 0 Å². The molecule has 2 rings (SSSR count). The fourth-order valence-corrected chi connectivity index (χ4v) is 1.18. The molecule has 0 N–H and O–H groups in total. The van der Waals surface area contributed by atoms with Gasteiger partial charge in [0, 0.05) is 18.0 Å². The second kappa shape index (κ2) is 4.28. The molecular formula is C10H12ClNO. The molecule has 0 aliphatic heterocycles. The van der Waals surface area contributed by atoms with Crippen LogP contribution in [0.15, 0.2) is 22.6 Å². The third kappa shape index (κ3) is 2.22. The summed E-state index contributed by atoms with van der Waals surface area (Å²) >= 11 is 5.74. The molecule has 0 aliphatic rings. The first-order valence-corrected chi connectivity index (χ1v) is 4.66. The summed E-state index contributed by atoms with van der Waals surface area (Å²) in [6.07, 6.45) is 0. The first-order valence-electron chi connectivity index (χ1n) is 4.28. The number of halogens is 1. The summed E-state index contributed by atoms with van der Waals surface area (Å²) in [7, 11) is 0. The van der Waals surface area contributed by atoms with Crippen molar-refractivity contribution in [3.05, 3.63) is 29.1 Å². The normalized spacial score (nSPS) is 9.54. The average Bonchev–Trinajstić information content (AvgIpc) is 2.48. The van der Waals surface area contributed by atoms with E-state index in [1.165, 1.54) is 0 Å². The van der Waals surface area contributed by atoms with E-state index in [1.807, 2.05) is 26.8 Å². The smallest absolute Gasteiger partial charge is 0.192 e. The van der Waals surface area contributed by atoms with Crippen LogP contribution in [0.2, 0.25) is 5.02 Å². The van der Waals surface area contributed by atoms with Crippen molar-refractivity contribution in [3.8, 4) is 0 Å². The highest BCUT2D eigenvalue weighted by Gasteiger charge is 2.00. The Balaban J connectivity index is 0.000000396. The van der Waals surface area contributed by atoms with E-state index < -0.39 is 0 Å². The monoisotopic (exact) mass is 197 g/mol. The van der Waals surface area contributed by atoms with Gasteiger partial charge in [0.15, 0.2) is 11.5 Å². The summed E-state index contributed by atoms with van der Waals surface area (Å²) in [4.78, 5) is 4.13. The zero-order chi connectivity index (χ0) is 9.84. The van der Waals surface area contributed by atoms with Crippen LogP contribution in [0.25, 0.3) is 11.1 Å². The van der Waals surface area contributed by atoms with Gasteiger partial charge < -0.3 is 4.42 Å². The molecule has 0 saturated carbocycles. The Bertz CT molecular complexity index is 395. The SMILES string of the molecule is CC.Cc1nc2ccc(Cl)cc2o1. The molecule has 0 radical (unpaired) electrons. The van der Waals surface area contributed by atoms with Crippen molar-refractivity contribution in [3.63, 3.8) is 0 Å². The van der Waals surface area contributed by atoms with Gasteiger partial charge in [-0.15, -0.1) is 0 Å². The number of benzene rings is 1. The maximum Gasteiger partial charge on any atom is 0.192 e. The molecule has 0 spiro atoms. The Labute approximate surface area is 82.5 Å². The second-order valence-corrected chi connectivity index (χ2v) is 2.78. The van der Waals surface area contributed by atoms with Crippen LogP contribution in [-0.2, 0) is 0 Å². The third-order valence-corrected chi connectivity index (χ3v) is 1.69. The van der Waals surface area contributed by atoms with Crippen LogP contribution < -0.4 is 0 Å². The van der Waals surface area contributed by atoms with Crippen molar-refractivity contribution in [2.24, 2.45) is 0 Å². The summed E-state index contributed by atoms with van der Waals surface area (Å²) in [5.74, 6) is 0.669. The molecule has 1 aromatic carbocycles. The minimum atomic E-state index is 0.669. The number of hydrogen-bond donors (Lipinski definition) is 0. The standard InChI is InChI=1S/C8H6ClNO.C2H6/c1-5-10-7-3-2-6(9)4-8(7)11-5;1-2/h2-4H,1H3;1-2H3. The van der Waals surface area contributed by atoms with Gasteiger partial charge in [0.1, 0.15) is 5.52 Å². The maximum atomic E-state index is 5.74. The molecule has 0 atom stereocenters. The van der Waals surface area contributed by atoms with Crippen molar-refractivity contribution < 1.29 is 4.42 Å². The van der Waals surface area contributed by atoms with Crippen LogP contribution in [0.1, 0.15) is 19.7 Å². The van der Waals surface area contributed by atoms with E-state index in [0.29, 0.717) is 10.9 Å². The molecule has 2 aromatic rings. The van der Waals surface area contributed by atoms with Gasteiger partial charge >= 0.3 is 0 Å². The van der Waals surface area contributed by atoms with Gasteiger partial charge in [0.2, 0.25) is 0 Å². The molecular weight excluding hydrogens is 186 g/mol. The molecule has 0 aliphatic carbocycles. The lowest BCUT2D eigenvalue weighted by atomic mass is 10.3. The van der Waals surface area contributed by atoms with E-state index in [9.17, 15) is 0 Å². The minimum absolute atomic E-state index is 0.669. The number of fused-ring (bicyclic) bond motifs is 1. The molecule has 1 heterocycles. The second-order valence-electron chi connectivity index (χ2n) is 2.34. The summed E-state index contributed by atoms with van der Waals surface area (Å²) in [5, 5.41) is 0.675. The van der Waals surface area contributed by atoms with Gasteiger partial charge in [-0.05, 0) is 12.1 Å². The summed E-state index contributed by atoms with van der Waals surface area (Å²) < 4.78 is 5.25. The Morgan fingerprint density at radius 2 is 2.00 bits per heavy atom. The van der Waals surface area contributed by atoms with Gasteiger partial charge in [0.25, 0.3) is 0 Å². The largest absolute Gasteiger partial charge is 0.441 e. The van der Waals surface area contributed by atoms with Crippen LogP contribution in [0.4, 0.5) is 0 Å². The molecule has 0 amide bonds. The maximum absolute atomic E-state index is 5.74. The Morgan fingerprint density at radius 1 is 1.31 bits per heavy atom. The van der Waals surface area contributed by atoms with E-state index >= 15 is 0 Å². The Morgan fingerprint density at radius 3 is 2.69 bits per heavy atom. The van der Waals surface area contributed by atoms with Crippen LogP contribution in [0.3, 0.4) is 0 Å². The molecule has 0 unspecified atom stereocenters. The first-order chi connectivity index (χ1) is 6.25. The van der Waals surface area contributed by atoms with Gasteiger partial charge in [0.05, 0.1) is 0 Å². The predicted octanol–water partition coefficient (Wildman–Crippen LogP) is 3.82. The van der Waals surface area contributed by atoms with Crippen LogP contribution in [0, 0.1) is 6.92 Å². The van der Waals surface area contributed by atoms with Crippen LogP contribution in [-0.4, -0.2) is 4.98 Å². The summed E-state index contributed by atoms with van der Waals surface area (Å²) in [6.45, 7) is 5.81. The number of aryl methyl sites for hydroxylation is 1. The Hall–Kier alpha value is -1.02. The first kappa shape index (κ1) is 10.1. The lowest BCUT2D eigenvalue weighted by Crippen LogP contribution is -1.67. The number of aromatic nitrogens is 1. The molecule has 1 aromatic heterocycles. The number of hydrogen-bond acceptors (Lipinski definition) is 2. The van der Waals surface area contributed by atoms with E-state index in [4.69, 9.17) is 16.0 Å². The minimum Gasteiger partial charge on any atom is -0.441 e. The van der Waals surface area contributed by atoms with Gasteiger partial charge in [-0.1, -0.05) is 25.4 Å². The third-order valence-electron chi connectivity index (χ3n) is 1.46. The molecule has 2 nitrogen and oxygen atoms in total. The van der Waals surface area contributed by atoms with Crippen molar-refractivity contribution >= 4 is 22.7 Å². The van der Waals surface area contributed by atoms with Gasteiger partial charge in [-0.3, -0.25) is 0 Å². The molecule has 0 bridgehead atoms. The summed E-state index contributed by atoms with van der Waals surface area (Å²) in [6, 6.07) is 5.40. The summed E-state index contributed by atoms with van der Waals surface area (Å²) in [5.41, 5.74) is 1.60. The van der Waals surface area contributed by atoms with Gasteiger partial charge in [-0.2, -0.15) is 0 Å². The van der Waals surface area contributed by atoms with Gasteiger partial charge in [-0.25, -0.2) is 4.98 Å². The fourth-order valence-electron chi connectivity index (χ4n) is 1.01. The van der Waals surface area contributed by atoms with E-state index in [1.54, 1.807) is 12.1 Å². The number of rotatable bonds is 0. The molecule has 3 heteroatoms.